The maximum Gasteiger partial charge on any atom is 0.407 e. The quantitative estimate of drug-likeness (QED) is 0.474. The van der Waals surface area contributed by atoms with Gasteiger partial charge in [0.1, 0.15) is 5.60 Å². The van der Waals surface area contributed by atoms with E-state index in [9.17, 15) is 4.79 Å². The molecule has 0 aromatic carbocycles. The molecule has 0 saturated heterocycles. The molecule has 126 valence electrons. The number of unbranched alkanes of at least 4 members (excludes halogenated alkanes) is 1. The summed E-state index contributed by atoms with van der Waals surface area (Å²) in [4.78, 5) is 11.6. The third-order valence-corrected chi connectivity index (χ3v) is 3.79. The molecule has 0 heterocycles. The average molecular weight is 368 g/mol. The Kier molecular flexibility index (Phi) is 10.2. The van der Waals surface area contributed by atoms with Gasteiger partial charge in [0, 0.05) is 11.9 Å². The van der Waals surface area contributed by atoms with Crippen LogP contribution in [0.3, 0.4) is 0 Å². The molecule has 0 saturated carbocycles. The number of nitrogens with one attached hydrogen (secondary N) is 1. The molecule has 1 N–H and O–H groups in total. The minimum Gasteiger partial charge on any atom is -0.444 e. The number of ether oxygens (including phenoxy) is 3. The molecule has 0 aliphatic rings. The number of alkyl halides is 1. The highest BCUT2D eigenvalue weighted by atomic mass is 79.9. The van der Waals surface area contributed by atoms with Crippen LogP contribution in [0, 0.1) is 0 Å². The lowest BCUT2D eigenvalue weighted by atomic mass is 10.1. The predicted octanol–water partition coefficient (Wildman–Crippen LogP) is 3.50. The second kappa shape index (κ2) is 10.4. The van der Waals surface area contributed by atoms with Crippen molar-refractivity contribution < 1.29 is 19.0 Å². The lowest BCUT2D eigenvalue weighted by molar-refractivity contribution is -0.0423. The molecule has 0 radical (unpaired) electrons. The lowest BCUT2D eigenvalue weighted by Gasteiger charge is -2.29. The second-order valence-corrected chi connectivity index (χ2v) is 6.81. The Balaban J connectivity index is 3.96. The van der Waals surface area contributed by atoms with Gasteiger partial charge in [-0.1, -0.05) is 29.3 Å². The first kappa shape index (κ1) is 20.7. The van der Waals surface area contributed by atoms with Crippen LogP contribution >= 0.6 is 15.9 Å². The molecule has 0 fully saturated rings. The Labute approximate surface area is 137 Å². The van der Waals surface area contributed by atoms with E-state index in [1.165, 1.54) is 0 Å². The highest BCUT2D eigenvalue weighted by Crippen LogP contribution is 2.13. The second-order valence-electron chi connectivity index (χ2n) is 6.25. The van der Waals surface area contributed by atoms with Gasteiger partial charge in [-0.2, -0.15) is 0 Å². The van der Waals surface area contributed by atoms with Gasteiger partial charge in [0.25, 0.3) is 0 Å². The van der Waals surface area contributed by atoms with Crippen molar-refractivity contribution in [2.24, 2.45) is 0 Å². The van der Waals surface area contributed by atoms with E-state index < -0.39 is 17.3 Å². The van der Waals surface area contributed by atoms with Gasteiger partial charge in [-0.3, -0.25) is 0 Å². The summed E-state index contributed by atoms with van der Waals surface area (Å²) < 4.78 is 16.5. The fourth-order valence-corrected chi connectivity index (χ4v) is 1.77. The van der Waals surface area contributed by atoms with Crippen molar-refractivity contribution in [1.82, 2.24) is 5.32 Å². The topological polar surface area (TPSA) is 56.8 Å². The van der Waals surface area contributed by atoms with Gasteiger partial charge in [-0.25, -0.2) is 4.79 Å². The molecule has 1 amide bonds. The summed E-state index contributed by atoms with van der Waals surface area (Å²) in [7, 11) is 0. The first-order valence-corrected chi connectivity index (χ1v) is 8.59. The smallest absolute Gasteiger partial charge is 0.407 e. The zero-order chi connectivity index (χ0) is 16.4. The van der Waals surface area contributed by atoms with Crippen molar-refractivity contribution in [1.29, 1.82) is 0 Å². The van der Waals surface area contributed by atoms with Crippen LogP contribution in [0.15, 0.2) is 0 Å². The summed E-state index contributed by atoms with van der Waals surface area (Å²) in [5.74, 6) is 0. The Morgan fingerprint density at radius 3 is 2.33 bits per heavy atom. The fraction of sp³-hybridized carbons (Fsp3) is 0.933. The van der Waals surface area contributed by atoms with Gasteiger partial charge < -0.3 is 19.5 Å². The van der Waals surface area contributed by atoms with Crippen molar-refractivity contribution in [3.8, 4) is 0 Å². The van der Waals surface area contributed by atoms with E-state index in [-0.39, 0.29) is 0 Å². The van der Waals surface area contributed by atoms with E-state index in [1.54, 1.807) is 0 Å². The molecule has 1 unspecified atom stereocenters. The molecule has 21 heavy (non-hydrogen) atoms. The third kappa shape index (κ3) is 12.0. The molecule has 0 bridgehead atoms. The zero-order valence-electron chi connectivity index (χ0n) is 14.0. The number of halogens is 1. The normalized spacial score (nSPS) is 14.6. The first-order valence-electron chi connectivity index (χ1n) is 7.47. The maximum absolute atomic E-state index is 11.6. The van der Waals surface area contributed by atoms with Crippen LogP contribution in [0.4, 0.5) is 4.79 Å². The van der Waals surface area contributed by atoms with E-state index in [2.05, 4.69) is 28.2 Å². The predicted molar refractivity (Wildman–Crippen MR) is 88.1 cm³/mol. The summed E-state index contributed by atoms with van der Waals surface area (Å²) in [6, 6.07) is 0. The molecule has 0 aliphatic carbocycles. The van der Waals surface area contributed by atoms with Crippen LogP contribution in [0.1, 0.15) is 47.5 Å². The molecule has 0 aromatic rings. The Morgan fingerprint density at radius 2 is 1.81 bits per heavy atom. The van der Waals surface area contributed by atoms with E-state index >= 15 is 0 Å². The number of rotatable bonds is 10. The van der Waals surface area contributed by atoms with Crippen molar-refractivity contribution >= 4 is 22.0 Å². The number of carbonyl (C=O) groups is 1. The summed E-state index contributed by atoms with van der Waals surface area (Å²) in [6.07, 6.45) is 1.76. The van der Waals surface area contributed by atoms with Crippen LogP contribution in [0.25, 0.3) is 0 Å². The zero-order valence-corrected chi connectivity index (χ0v) is 15.5. The van der Waals surface area contributed by atoms with Gasteiger partial charge in [0.15, 0.2) is 0 Å². The van der Waals surface area contributed by atoms with Gasteiger partial charge in [-0.15, -0.1) is 0 Å². The van der Waals surface area contributed by atoms with Gasteiger partial charge >= 0.3 is 6.09 Å². The molecule has 6 heteroatoms. The molecule has 0 spiro atoms. The minimum absolute atomic E-state index is 0.377. The number of carbonyl (C=O) groups excluding carboxylic acids is 1. The Hall–Kier alpha value is -0.330. The molecule has 0 rings (SSSR count). The van der Waals surface area contributed by atoms with E-state index in [4.69, 9.17) is 14.2 Å². The fourth-order valence-electron chi connectivity index (χ4n) is 1.41. The van der Waals surface area contributed by atoms with Crippen molar-refractivity contribution in [3.63, 3.8) is 0 Å². The van der Waals surface area contributed by atoms with Crippen molar-refractivity contribution in [2.75, 3.05) is 31.7 Å². The minimum atomic E-state index is -0.497. The Bertz CT molecular complexity index is 294. The van der Waals surface area contributed by atoms with Gasteiger partial charge in [0.05, 0.1) is 25.4 Å². The van der Waals surface area contributed by atoms with Crippen molar-refractivity contribution in [3.05, 3.63) is 0 Å². The molecular weight excluding hydrogens is 338 g/mol. The number of hydrogen-bond acceptors (Lipinski definition) is 4. The van der Waals surface area contributed by atoms with Crippen molar-refractivity contribution in [2.45, 2.75) is 58.7 Å². The summed E-state index contributed by atoms with van der Waals surface area (Å²) in [6.45, 7) is 11.8. The highest BCUT2D eigenvalue weighted by molar-refractivity contribution is 9.09. The van der Waals surface area contributed by atoms with E-state index in [0.717, 1.165) is 19.4 Å². The maximum atomic E-state index is 11.6. The molecule has 0 aliphatic heterocycles. The third-order valence-electron chi connectivity index (χ3n) is 2.61. The SMILES string of the molecule is CCCCOCCOC(C)(CBr)CNC(=O)OC(C)(C)C. The van der Waals surface area contributed by atoms with Crippen LogP contribution < -0.4 is 5.32 Å². The number of alkyl carbamates (subject to hydrolysis) is 1. The lowest BCUT2D eigenvalue weighted by Crippen LogP contribution is -2.46. The summed E-state index contributed by atoms with van der Waals surface area (Å²) >= 11 is 3.42. The van der Waals surface area contributed by atoms with E-state index in [1.807, 2.05) is 27.7 Å². The van der Waals surface area contributed by atoms with Crippen LogP contribution in [-0.4, -0.2) is 49.0 Å². The number of amides is 1. The van der Waals surface area contributed by atoms with E-state index in [0.29, 0.717) is 25.1 Å². The monoisotopic (exact) mass is 367 g/mol. The first-order chi connectivity index (χ1) is 9.72. The van der Waals surface area contributed by atoms with Crippen LogP contribution in [-0.2, 0) is 14.2 Å². The molecule has 0 aromatic heterocycles. The summed E-state index contributed by atoms with van der Waals surface area (Å²) in [5.41, 5.74) is -0.978. The average Bonchev–Trinajstić information content (AvgIpc) is 2.39. The molecular formula is C15H30BrNO4. The van der Waals surface area contributed by atoms with Gasteiger partial charge in [-0.05, 0) is 34.1 Å². The Morgan fingerprint density at radius 1 is 1.14 bits per heavy atom. The standard InChI is InChI=1S/C15H30BrNO4/c1-6-7-8-19-9-10-20-15(5,11-16)12-17-13(18)21-14(2,3)4/h6-12H2,1-5H3,(H,17,18). The molecule has 1 atom stereocenters. The number of hydrogen-bond donors (Lipinski definition) is 1. The largest absolute Gasteiger partial charge is 0.444 e. The highest BCUT2D eigenvalue weighted by Gasteiger charge is 2.26. The summed E-state index contributed by atoms with van der Waals surface area (Å²) in [5, 5.41) is 3.35. The van der Waals surface area contributed by atoms with Crippen LogP contribution in [0.5, 0.6) is 0 Å². The van der Waals surface area contributed by atoms with Crippen LogP contribution in [0.2, 0.25) is 0 Å². The molecule has 5 nitrogen and oxygen atoms in total. The van der Waals surface area contributed by atoms with Gasteiger partial charge in [0.2, 0.25) is 0 Å².